The van der Waals surface area contributed by atoms with Crippen LogP contribution in [0.2, 0.25) is 0 Å². The van der Waals surface area contributed by atoms with Crippen LogP contribution in [-0.4, -0.2) is 11.1 Å². The minimum absolute atomic E-state index is 0.212. The van der Waals surface area contributed by atoms with Crippen molar-refractivity contribution in [2.75, 3.05) is 0 Å². The van der Waals surface area contributed by atoms with Gasteiger partial charge >= 0.3 is 5.97 Å². The molecule has 1 aliphatic rings. The summed E-state index contributed by atoms with van der Waals surface area (Å²) in [4.78, 5) is 10.8. The third-order valence-corrected chi connectivity index (χ3v) is 3.58. The lowest BCUT2D eigenvalue weighted by molar-refractivity contribution is -0.137. The number of aryl methyl sites for hydroxylation is 1. The molecule has 86 valence electrons. The minimum Gasteiger partial charge on any atom is -0.481 e. The summed E-state index contributed by atoms with van der Waals surface area (Å²) in [7, 11) is 0. The first-order valence-electron chi connectivity index (χ1n) is 5.90. The van der Waals surface area contributed by atoms with Gasteiger partial charge in [-0.15, -0.1) is 0 Å². The van der Waals surface area contributed by atoms with Crippen molar-refractivity contribution in [1.29, 1.82) is 0 Å². The molecule has 2 heteroatoms. The number of hydrogen-bond donors (Lipinski definition) is 1. The van der Waals surface area contributed by atoms with Gasteiger partial charge in [0.1, 0.15) is 0 Å². The van der Waals surface area contributed by atoms with Gasteiger partial charge in [0.2, 0.25) is 0 Å². The molecule has 2 unspecified atom stereocenters. The summed E-state index contributed by atoms with van der Waals surface area (Å²) in [5, 5.41) is 8.91. The van der Waals surface area contributed by atoms with Crippen molar-refractivity contribution in [2.45, 2.75) is 44.9 Å². The summed E-state index contributed by atoms with van der Waals surface area (Å²) in [6.07, 6.45) is 2.38. The van der Waals surface area contributed by atoms with E-state index in [1.807, 2.05) is 0 Å². The predicted octanol–water partition coefficient (Wildman–Crippen LogP) is 3.45. The Bertz CT molecular complexity index is 409. The number of carboxylic acid groups (broad SMARTS) is 1. The van der Waals surface area contributed by atoms with Gasteiger partial charge in [-0.05, 0) is 42.7 Å². The zero-order valence-electron chi connectivity index (χ0n) is 9.86. The van der Waals surface area contributed by atoms with Crippen molar-refractivity contribution < 1.29 is 9.90 Å². The van der Waals surface area contributed by atoms with E-state index in [-0.39, 0.29) is 12.3 Å². The van der Waals surface area contributed by atoms with Crippen LogP contribution in [0.5, 0.6) is 0 Å². The third kappa shape index (κ3) is 2.11. The lowest BCUT2D eigenvalue weighted by Crippen LogP contribution is -2.15. The molecule has 1 aliphatic carbocycles. The minimum atomic E-state index is -0.689. The average Bonchev–Trinajstić information content (AvgIpc) is 2.22. The van der Waals surface area contributed by atoms with Gasteiger partial charge in [-0.2, -0.15) is 0 Å². The number of carboxylic acids is 1. The van der Waals surface area contributed by atoms with E-state index in [2.05, 4.69) is 32.0 Å². The Balaban J connectivity index is 2.36. The third-order valence-electron chi connectivity index (χ3n) is 3.58. The molecule has 0 radical (unpaired) electrons. The highest BCUT2D eigenvalue weighted by molar-refractivity contribution is 5.68. The molecule has 0 fully saturated rings. The van der Waals surface area contributed by atoms with E-state index in [9.17, 15) is 4.79 Å². The first kappa shape index (κ1) is 11.2. The maximum Gasteiger partial charge on any atom is 0.303 e. The second-order valence-electron chi connectivity index (χ2n) is 4.91. The van der Waals surface area contributed by atoms with Crippen LogP contribution in [0.4, 0.5) is 0 Å². The van der Waals surface area contributed by atoms with Crippen LogP contribution in [0.15, 0.2) is 18.2 Å². The zero-order valence-corrected chi connectivity index (χ0v) is 9.86. The summed E-state index contributed by atoms with van der Waals surface area (Å²) in [6.45, 7) is 4.32. The van der Waals surface area contributed by atoms with Crippen molar-refractivity contribution in [3.05, 3.63) is 34.9 Å². The van der Waals surface area contributed by atoms with Crippen LogP contribution in [0.25, 0.3) is 0 Å². The quantitative estimate of drug-likeness (QED) is 0.825. The van der Waals surface area contributed by atoms with Crippen molar-refractivity contribution in [1.82, 2.24) is 0 Å². The first-order valence-corrected chi connectivity index (χ1v) is 5.90. The molecule has 2 nitrogen and oxygen atoms in total. The van der Waals surface area contributed by atoms with Crippen LogP contribution in [0, 0.1) is 6.92 Å². The van der Waals surface area contributed by atoms with Crippen LogP contribution < -0.4 is 0 Å². The van der Waals surface area contributed by atoms with Crippen LogP contribution in [0.3, 0.4) is 0 Å². The van der Waals surface area contributed by atoms with E-state index >= 15 is 0 Å². The van der Waals surface area contributed by atoms with Crippen LogP contribution in [0.1, 0.15) is 54.7 Å². The number of aliphatic carboxylic acids is 1. The Morgan fingerprint density at radius 2 is 2.12 bits per heavy atom. The fourth-order valence-electron chi connectivity index (χ4n) is 2.68. The normalized spacial score (nSPS) is 23.9. The highest BCUT2D eigenvalue weighted by atomic mass is 16.4. The monoisotopic (exact) mass is 218 g/mol. The van der Waals surface area contributed by atoms with Gasteiger partial charge in [0.25, 0.3) is 0 Å². The predicted molar refractivity (Wildman–Crippen MR) is 63.8 cm³/mol. The molecule has 16 heavy (non-hydrogen) atoms. The van der Waals surface area contributed by atoms with Crippen molar-refractivity contribution in [3.63, 3.8) is 0 Å². The van der Waals surface area contributed by atoms with E-state index in [4.69, 9.17) is 5.11 Å². The number of fused-ring (bicyclic) bond motifs is 1. The Labute approximate surface area is 96.3 Å². The Morgan fingerprint density at radius 1 is 1.38 bits per heavy atom. The van der Waals surface area contributed by atoms with E-state index in [0.29, 0.717) is 5.92 Å². The van der Waals surface area contributed by atoms with Crippen molar-refractivity contribution in [2.24, 2.45) is 0 Å². The molecule has 0 saturated heterocycles. The molecule has 1 aromatic rings. The Kier molecular flexibility index (Phi) is 2.99. The van der Waals surface area contributed by atoms with Crippen molar-refractivity contribution >= 4 is 5.97 Å². The summed E-state index contributed by atoms with van der Waals surface area (Å²) in [5.74, 6) is 0.0929. The highest BCUT2D eigenvalue weighted by Crippen LogP contribution is 2.40. The molecule has 2 atom stereocenters. The molecule has 0 bridgehead atoms. The standard InChI is InChI=1S/C14H18O2/c1-9-3-6-12-11(8-14(15)16)5-4-10(2)13(12)7-9/h3,6-7,10-11H,4-5,8H2,1-2H3,(H,15,16). The molecule has 0 aromatic heterocycles. The van der Waals surface area contributed by atoms with E-state index in [1.54, 1.807) is 0 Å². The lowest BCUT2D eigenvalue weighted by atomic mass is 9.76. The summed E-state index contributed by atoms with van der Waals surface area (Å²) < 4.78 is 0. The van der Waals surface area contributed by atoms with Gasteiger partial charge in [-0.1, -0.05) is 30.7 Å². The smallest absolute Gasteiger partial charge is 0.303 e. The van der Waals surface area contributed by atoms with Crippen LogP contribution >= 0.6 is 0 Å². The van der Waals surface area contributed by atoms with E-state index in [0.717, 1.165) is 12.8 Å². The maximum atomic E-state index is 10.8. The average molecular weight is 218 g/mol. The molecule has 0 heterocycles. The van der Waals surface area contributed by atoms with Gasteiger partial charge in [-0.25, -0.2) is 0 Å². The van der Waals surface area contributed by atoms with Gasteiger partial charge in [0.05, 0.1) is 6.42 Å². The molecule has 0 aliphatic heterocycles. The number of carbonyl (C=O) groups is 1. The van der Waals surface area contributed by atoms with Crippen molar-refractivity contribution in [3.8, 4) is 0 Å². The number of benzene rings is 1. The van der Waals surface area contributed by atoms with E-state index < -0.39 is 5.97 Å². The SMILES string of the molecule is Cc1ccc2c(c1)C(C)CCC2CC(=O)O. The largest absolute Gasteiger partial charge is 0.481 e. The van der Waals surface area contributed by atoms with E-state index in [1.165, 1.54) is 16.7 Å². The number of hydrogen-bond acceptors (Lipinski definition) is 1. The summed E-state index contributed by atoms with van der Waals surface area (Å²) in [5.41, 5.74) is 3.88. The summed E-state index contributed by atoms with van der Waals surface area (Å²) in [6, 6.07) is 6.42. The molecular weight excluding hydrogens is 200 g/mol. The fraction of sp³-hybridized carbons (Fsp3) is 0.500. The topological polar surface area (TPSA) is 37.3 Å². The molecule has 1 N–H and O–H groups in total. The fourth-order valence-corrected chi connectivity index (χ4v) is 2.68. The molecular formula is C14H18O2. The second-order valence-corrected chi connectivity index (χ2v) is 4.91. The molecule has 2 rings (SSSR count). The second kappa shape index (κ2) is 4.28. The molecule has 1 aromatic carbocycles. The summed E-state index contributed by atoms with van der Waals surface area (Å²) >= 11 is 0. The Morgan fingerprint density at radius 3 is 2.81 bits per heavy atom. The number of rotatable bonds is 2. The Hall–Kier alpha value is -1.31. The zero-order chi connectivity index (χ0) is 11.7. The highest BCUT2D eigenvalue weighted by Gasteiger charge is 2.26. The van der Waals surface area contributed by atoms with Gasteiger partial charge in [0, 0.05) is 0 Å². The van der Waals surface area contributed by atoms with Gasteiger partial charge < -0.3 is 5.11 Å². The van der Waals surface area contributed by atoms with Gasteiger partial charge in [-0.3, -0.25) is 4.79 Å². The molecule has 0 spiro atoms. The van der Waals surface area contributed by atoms with Gasteiger partial charge in [0.15, 0.2) is 0 Å². The molecule has 0 saturated carbocycles. The maximum absolute atomic E-state index is 10.8. The molecule has 0 amide bonds. The van der Waals surface area contributed by atoms with Crippen LogP contribution in [-0.2, 0) is 4.79 Å². The lowest BCUT2D eigenvalue weighted by Gasteiger charge is -2.29. The first-order chi connectivity index (χ1) is 7.58.